The highest BCUT2D eigenvalue weighted by Crippen LogP contribution is 2.18. The van der Waals surface area contributed by atoms with Crippen molar-refractivity contribution in [3.63, 3.8) is 0 Å². The quantitative estimate of drug-likeness (QED) is 0.517. The maximum absolute atomic E-state index is 12.3. The third-order valence-electron chi connectivity index (χ3n) is 4.21. The number of carbonyl (C=O) groups is 2. The van der Waals surface area contributed by atoms with Crippen LogP contribution in [0.1, 0.15) is 67.5 Å². The summed E-state index contributed by atoms with van der Waals surface area (Å²) in [5.41, 5.74) is 2.48. The summed E-state index contributed by atoms with van der Waals surface area (Å²) in [4.78, 5) is 23.4. The van der Waals surface area contributed by atoms with E-state index in [4.69, 9.17) is 5.11 Å². The Morgan fingerprint density at radius 3 is 1.87 bits per heavy atom. The average molecular weight is 414 g/mol. The first-order valence-corrected chi connectivity index (χ1v) is 8.70. The first-order valence-electron chi connectivity index (χ1n) is 8.70. The predicted molar refractivity (Wildman–Crippen MR) is 130 cm³/mol. The standard InChI is InChI=1S/C22H23NO3.4CH4/c1-3-19(22(25)26)15-16(2)21(24)23-20-13-11-18(12-14-20)10-9-17-7-5-4-6-8-17;;;;/h4-8,11-14,16,19H,3,15H2,1-2H3,(H,23,24)(H,25,26);4*1H4. The van der Waals surface area contributed by atoms with E-state index >= 15 is 0 Å². The van der Waals surface area contributed by atoms with E-state index in [0.29, 0.717) is 18.5 Å². The molecule has 0 fully saturated rings. The molecule has 2 rings (SSSR count). The summed E-state index contributed by atoms with van der Waals surface area (Å²) in [6.45, 7) is 3.57. The van der Waals surface area contributed by atoms with Gasteiger partial charge in [0.25, 0.3) is 0 Å². The Kier molecular flexibility index (Phi) is 16.7. The minimum absolute atomic E-state index is 0. The average Bonchev–Trinajstić information content (AvgIpc) is 2.65. The lowest BCUT2D eigenvalue weighted by Gasteiger charge is -2.16. The highest BCUT2D eigenvalue weighted by molar-refractivity contribution is 5.92. The molecule has 166 valence electrons. The molecule has 30 heavy (non-hydrogen) atoms. The fourth-order valence-corrected chi connectivity index (χ4v) is 2.54. The SMILES string of the molecule is C.C.C.C.CCC(CC(C)C(=O)Nc1ccc(C#Cc2ccccc2)cc1)C(=O)O. The summed E-state index contributed by atoms with van der Waals surface area (Å²) in [5.74, 6) is 4.28. The van der Waals surface area contributed by atoms with Crippen molar-refractivity contribution in [1.82, 2.24) is 0 Å². The Balaban J connectivity index is -0.00000182. The van der Waals surface area contributed by atoms with Gasteiger partial charge in [0.05, 0.1) is 5.92 Å². The van der Waals surface area contributed by atoms with E-state index < -0.39 is 11.9 Å². The second kappa shape index (κ2) is 15.8. The first kappa shape index (κ1) is 31.6. The van der Waals surface area contributed by atoms with Crippen molar-refractivity contribution in [3.05, 3.63) is 65.7 Å². The lowest BCUT2D eigenvalue weighted by atomic mass is 9.93. The second-order valence-electron chi connectivity index (χ2n) is 6.26. The zero-order valence-corrected chi connectivity index (χ0v) is 15.0. The maximum atomic E-state index is 12.3. The number of benzene rings is 2. The molecule has 2 unspecified atom stereocenters. The molecule has 0 radical (unpaired) electrons. The van der Waals surface area contributed by atoms with Crippen LogP contribution in [0.2, 0.25) is 0 Å². The van der Waals surface area contributed by atoms with Crippen LogP contribution in [0.5, 0.6) is 0 Å². The van der Waals surface area contributed by atoms with Crippen LogP contribution in [0.25, 0.3) is 0 Å². The van der Waals surface area contributed by atoms with Gasteiger partial charge in [-0.05, 0) is 49.2 Å². The number of aliphatic carboxylic acids is 1. The zero-order chi connectivity index (χ0) is 18.9. The van der Waals surface area contributed by atoms with E-state index in [2.05, 4.69) is 17.2 Å². The van der Waals surface area contributed by atoms with Gasteiger partial charge in [-0.25, -0.2) is 0 Å². The van der Waals surface area contributed by atoms with E-state index in [0.717, 1.165) is 11.1 Å². The number of nitrogens with one attached hydrogen (secondary N) is 1. The number of amides is 1. The van der Waals surface area contributed by atoms with E-state index in [1.54, 1.807) is 19.1 Å². The number of anilines is 1. The summed E-state index contributed by atoms with van der Waals surface area (Å²) < 4.78 is 0. The van der Waals surface area contributed by atoms with Crippen LogP contribution in [0, 0.1) is 23.7 Å². The van der Waals surface area contributed by atoms with Crippen LogP contribution in [-0.4, -0.2) is 17.0 Å². The number of carboxylic acids is 1. The summed E-state index contributed by atoms with van der Waals surface area (Å²) in [6.07, 6.45) is 0.847. The maximum Gasteiger partial charge on any atom is 0.306 e. The molecular formula is C26H39NO3. The summed E-state index contributed by atoms with van der Waals surface area (Å²) in [5, 5.41) is 11.9. The molecule has 0 aliphatic heterocycles. The second-order valence-corrected chi connectivity index (χ2v) is 6.26. The Morgan fingerprint density at radius 1 is 0.900 bits per heavy atom. The van der Waals surface area contributed by atoms with Gasteiger partial charge in [0.15, 0.2) is 0 Å². The normalized spacial score (nSPS) is 10.7. The van der Waals surface area contributed by atoms with Gasteiger partial charge in [-0.2, -0.15) is 0 Å². The van der Waals surface area contributed by atoms with Crippen LogP contribution in [0.15, 0.2) is 54.6 Å². The molecule has 0 saturated carbocycles. The van der Waals surface area contributed by atoms with Crippen LogP contribution >= 0.6 is 0 Å². The molecular weight excluding hydrogens is 374 g/mol. The molecule has 4 nitrogen and oxygen atoms in total. The van der Waals surface area contributed by atoms with Crippen LogP contribution in [0.4, 0.5) is 5.69 Å². The minimum atomic E-state index is -0.853. The van der Waals surface area contributed by atoms with E-state index in [-0.39, 0.29) is 41.5 Å². The van der Waals surface area contributed by atoms with Gasteiger partial charge >= 0.3 is 5.97 Å². The molecule has 4 heteroatoms. The molecule has 2 aromatic carbocycles. The first-order chi connectivity index (χ1) is 12.5. The van der Waals surface area contributed by atoms with Crippen molar-refractivity contribution in [2.24, 2.45) is 11.8 Å². The third kappa shape index (κ3) is 9.93. The van der Waals surface area contributed by atoms with E-state index in [1.165, 1.54) is 0 Å². The van der Waals surface area contributed by atoms with Crippen molar-refractivity contribution in [2.75, 3.05) is 5.32 Å². The number of hydrogen-bond acceptors (Lipinski definition) is 2. The number of carboxylic acid groups (broad SMARTS) is 1. The van der Waals surface area contributed by atoms with Gasteiger partial charge in [0.1, 0.15) is 0 Å². The fourth-order valence-electron chi connectivity index (χ4n) is 2.54. The topological polar surface area (TPSA) is 66.4 Å². The molecule has 0 heterocycles. The molecule has 2 N–H and O–H groups in total. The molecule has 0 aliphatic carbocycles. The highest BCUT2D eigenvalue weighted by Gasteiger charge is 2.22. The van der Waals surface area contributed by atoms with Gasteiger partial charge < -0.3 is 10.4 Å². The molecule has 1 amide bonds. The summed E-state index contributed by atoms with van der Waals surface area (Å²) in [7, 11) is 0. The number of hydrogen-bond donors (Lipinski definition) is 2. The molecule has 0 aliphatic rings. The van der Waals surface area contributed by atoms with E-state index in [9.17, 15) is 9.59 Å². The molecule has 2 aromatic rings. The number of carbonyl (C=O) groups excluding carboxylic acids is 1. The van der Waals surface area contributed by atoms with Gasteiger partial charge in [-0.15, -0.1) is 0 Å². The van der Waals surface area contributed by atoms with E-state index in [1.807, 2.05) is 49.4 Å². The summed E-state index contributed by atoms with van der Waals surface area (Å²) >= 11 is 0. The van der Waals surface area contributed by atoms with Gasteiger partial charge in [-0.3, -0.25) is 9.59 Å². The number of rotatable bonds is 6. The molecule has 0 saturated heterocycles. The lowest BCUT2D eigenvalue weighted by Crippen LogP contribution is -2.25. The van der Waals surface area contributed by atoms with Crippen LogP contribution in [-0.2, 0) is 9.59 Å². The monoisotopic (exact) mass is 413 g/mol. The highest BCUT2D eigenvalue weighted by atomic mass is 16.4. The van der Waals surface area contributed by atoms with Crippen molar-refractivity contribution >= 4 is 17.6 Å². The van der Waals surface area contributed by atoms with Crippen molar-refractivity contribution in [3.8, 4) is 11.8 Å². The Hall–Kier alpha value is -3.06. The predicted octanol–water partition coefficient (Wildman–Crippen LogP) is 6.71. The minimum Gasteiger partial charge on any atom is -0.481 e. The Morgan fingerprint density at radius 2 is 1.40 bits per heavy atom. The van der Waals surface area contributed by atoms with Crippen LogP contribution < -0.4 is 5.32 Å². The van der Waals surface area contributed by atoms with Crippen molar-refractivity contribution in [1.29, 1.82) is 0 Å². The zero-order valence-electron chi connectivity index (χ0n) is 15.0. The Bertz CT molecular complexity index is 802. The Labute approximate surface area is 183 Å². The molecule has 0 aromatic heterocycles. The van der Waals surface area contributed by atoms with Crippen LogP contribution in [0.3, 0.4) is 0 Å². The fraction of sp³-hybridized carbons (Fsp3) is 0.385. The molecule has 0 spiro atoms. The van der Waals surface area contributed by atoms with Crippen molar-refractivity contribution in [2.45, 2.75) is 56.4 Å². The summed E-state index contributed by atoms with van der Waals surface area (Å²) in [6, 6.07) is 17.0. The van der Waals surface area contributed by atoms with Gasteiger partial charge in [0.2, 0.25) is 5.91 Å². The van der Waals surface area contributed by atoms with Crippen molar-refractivity contribution < 1.29 is 14.7 Å². The molecule has 2 atom stereocenters. The largest absolute Gasteiger partial charge is 0.481 e. The van der Waals surface area contributed by atoms with Gasteiger partial charge in [0, 0.05) is 22.7 Å². The smallest absolute Gasteiger partial charge is 0.306 e. The third-order valence-corrected chi connectivity index (χ3v) is 4.21. The van der Waals surface area contributed by atoms with Gasteiger partial charge in [-0.1, -0.05) is 73.6 Å². The molecule has 0 bridgehead atoms. The lowest BCUT2D eigenvalue weighted by molar-refractivity contribution is -0.142.